The number of Topliss-reactive ketones (excluding diaryl/α,β-unsaturated/α-hetero) is 1. The molecule has 1 amide bonds. The van der Waals surface area contributed by atoms with Crippen LogP contribution in [-0.4, -0.2) is 74.8 Å². The molecule has 0 aromatic rings. The topological polar surface area (TPSA) is 147 Å². The smallest absolute Gasteiger partial charge is 0.230 e. The Morgan fingerprint density at radius 1 is 1.05 bits per heavy atom. The molecule has 0 radical (unpaired) electrons. The van der Waals surface area contributed by atoms with Crippen molar-refractivity contribution in [1.82, 2.24) is 5.32 Å². The first-order valence-corrected chi connectivity index (χ1v) is 5.83. The molecule has 0 saturated carbocycles. The van der Waals surface area contributed by atoms with Gasteiger partial charge < -0.3 is 30.8 Å². The summed E-state index contributed by atoms with van der Waals surface area (Å²) in [6.07, 6.45) is -6.63. The summed E-state index contributed by atoms with van der Waals surface area (Å²) < 4.78 is 0. The summed E-state index contributed by atoms with van der Waals surface area (Å²) >= 11 is 0. The molecule has 6 N–H and O–H groups in total. The Bertz CT molecular complexity index is 309. The lowest BCUT2D eigenvalue weighted by Crippen LogP contribution is -2.50. The van der Waals surface area contributed by atoms with Crippen LogP contribution in [0.2, 0.25) is 0 Å². The Balaban J connectivity index is 4.27. The van der Waals surface area contributed by atoms with E-state index in [1.807, 2.05) is 0 Å². The number of nitrogens with one attached hydrogen (secondary N) is 1. The second-order valence-electron chi connectivity index (χ2n) is 4.38. The van der Waals surface area contributed by atoms with Crippen LogP contribution in [0.4, 0.5) is 0 Å². The van der Waals surface area contributed by atoms with E-state index in [0.29, 0.717) is 0 Å². The lowest BCUT2D eigenvalue weighted by molar-refractivity contribution is -0.134. The largest absolute Gasteiger partial charge is 0.394 e. The van der Waals surface area contributed by atoms with E-state index in [0.717, 1.165) is 0 Å². The minimum Gasteiger partial charge on any atom is -0.394 e. The van der Waals surface area contributed by atoms with Gasteiger partial charge in [-0.1, -0.05) is 0 Å². The van der Waals surface area contributed by atoms with Crippen LogP contribution in [0.15, 0.2) is 0 Å². The van der Waals surface area contributed by atoms with E-state index < -0.39 is 49.4 Å². The van der Waals surface area contributed by atoms with Gasteiger partial charge in [0.1, 0.15) is 24.1 Å². The summed E-state index contributed by atoms with van der Waals surface area (Å²) in [5.41, 5.74) is 0. The summed E-state index contributed by atoms with van der Waals surface area (Å²) in [4.78, 5) is 22.3. The van der Waals surface area contributed by atoms with E-state index in [1.54, 1.807) is 0 Å². The van der Waals surface area contributed by atoms with Gasteiger partial charge in [-0.05, 0) is 13.8 Å². The first-order chi connectivity index (χ1) is 8.72. The summed E-state index contributed by atoms with van der Waals surface area (Å²) in [5.74, 6) is -1.84. The Morgan fingerprint density at radius 3 is 1.95 bits per heavy atom. The predicted molar refractivity (Wildman–Crippen MR) is 64.0 cm³/mol. The van der Waals surface area contributed by atoms with Gasteiger partial charge in [-0.2, -0.15) is 0 Å². The highest BCUT2D eigenvalue weighted by atomic mass is 16.4. The van der Waals surface area contributed by atoms with Gasteiger partial charge in [-0.3, -0.25) is 9.59 Å². The van der Waals surface area contributed by atoms with Crippen LogP contribution in [0.25, 0.3) is 0 Å². The molecule has 0 rings (SSSR count). The Kier molecular flexibility index (Phi) is 7.72. The SMILES string of the molecule is CC(=O)C(C)C(=O)NCC(O)C(O)C(O)C(O)CO. The maximum absolute atomic E-state index is 11.4. The van der Waals surface area contributed by atoms with Crippen molar-refractivity contribution in [3.05, 3.63) is 0 Å². The van der Waals surface area contributed by atoms with Gasteiger partial charge in [-0.15, -0.1) is 0 Å². The molecule has 0 aliphatic rings. The molecule has 19 heavy (non-hydrogen) atoms. The average Bonchev–Trinajstić information content (AvgIpc) is 2.40. The normalized spacial score (nSPS) is 19.1. The fourth-order valence-corrected chi connectivity index (χ4v) is 1.23. The zero-order chi connectivity index (χ0) is 15.2. The Morgan fingerprint density at radius 2 is 1.53 bits per heavy atom. The highest BCUT2D eigenvalue weighted by Crippen LogP contribution is 2.05. The maximum Gasteiger partial charge on any atom is 0.230 e. The second-order valence-corrected chi connectivity index (χ2v) is 4.38. The first kappa shape index (κ1) is 17.9. The quantitative estimate of drug-likeness (QED) is 0.256. The molecule has 5 atom stereocenters. The zero-order valence-electron chi connectivity index (χ0n) is 10.9. The standard InChI is InChI=1S/C11H21NO7/c1-5(6(2)14)11(19)12-3-7(15)9(17)10(18)8(16)4-13/h5,7-10,13,15-18H,3-4H2,1-2H3,(H,12,19). The molecule has 0 bridgehead atoms. The van der Waals surface area contributed by atoms with Crippen molar-refractivity contribution in [2.75, 3.05) is 13.2 Å². The van der Waals surface area contributed by atoms with Gasteiger partial charge in [0.15, 0.2) is 0 Å². The zero-order valence-corrected chi connectivity index (χ0v) is 10.9. The van der Waals surface area contributed by atoms with Gasteiger partial charge in [0.05, 0.1) is 18.6 Å². The molecule has 0 aromatic heterocycles. The second kappa shape index (κ2) is 8.18. The van der Waals surface area contributed by atoms with Crippen molar-refractivity contribution < 1.29 is 35.1 Å². The maximum atomic E-state index is 11.4. The Hall–Kier alpha value is -1.06. The molecule has 5 unspecified atom stereocenters. The molecule has 112 valence electrons. The fourth-order valence-electron chi connectivity index (χ4n) is 1.23. The van der Waals surface area contributed by atoms with E-state index in [-0.39, 0.29) is 5.78 Å². The summed E-state index contributed by atoms with van der Waals surface area (Å²) in [7, 11) is 0. The van der Waals surface area contributed by atoms with Crippen molar-refractivity contribution in [2.24, 2.45) is 5.92 Å². The van der Waals surface area contributed by atoms with Crippen LogP contribution in [-0.2, 0) is 9.59 Å². The van der Waals surface area contributed by atoms with Crippen LogP contribution in [0.1, 0.15) is 13.8 Å². The number of carbonyl (C=O) groups excluding carboxylic acids is 2. The number of hydrogen-bond donors (Lipinski definition) is 6. The van der Waals surface area contributed by atoms with Crippen molar-refractivity contribution in [3.8, 4) is 0 Å². The van der Waals surface area contributed by atoms with Gasteiger partial charge in [-0.25, -0.2) is 0 Å². The van der Waals surface area contributed by atoms with Crippen LogP contribution >= 0.6 is 0 Å². The molecular formula is C11H21NO7. The monoisotopic (exact) mass is 279 g/mol. The van der Waals surface area contributed by atoms with Gasteiger partial charge in [0.25, 0.3) is 0 Å². The lowest BCUT2D eigenvalue weighted by atomic mass is 10.0. The van der Waals surface area contributed by atoms with Gasteiger partial charge in [0.2, 0.25) is 5.91 Å². The molecule has 0 spiro atoms. The Labute approximate surface area is 110 Å². The number of aliphatic hydroxyl groups is 5. The lowest BCUT2D eigenvalue weighted by Gasteiger charge is -2.25. The molecule has 0 fully saturated rings. The summed E-state index contributed by atoms with van der Waals surface area (Å²) in [6.45, 7) is 1.47. The van der Waals surface area contributed by atoms with Gasteiger partial charge in [0, 0.05) is 6.54 Å². The minimum atomic E-state index is -1.75. The molecule has 0 aromatic carbocycles. The van der Waals surface area contributed by atoms with Crippen LogP contribution in [0.3, 0.4) is 0 Å². The molecule has 0 saturated heterocycles. The molecule has 0 aliphatic heterocycles. The number of rotatable bonds is 8. The highest BCUT2D eigenvalue weighted by molar-refractivity contribution is 5.99. The number of amides is 1. The number of ketones is 1. The predicted octanol–water partition coefficient (Wildman–Crippen LogP) is -3.24. The van der Waals surface area contributed by atoms with Crippen LogP contribution in [0.5, 0.6) is 0 Å². The van der Waals surface area contributed by atoms with E-state index in [9.17, 15) is 24.9 Å². The van der Waals surface area contributed by atoms with E-state index >= 15 is 0 Å². The van der Waals surface area contributed by atoms with Gasteiger partial charge >= 0.3 is 0 Å². The molecular weight excluding hydrogens is 258 g/mol. The molecule has 8 nitrogen and oxygen atoms in total. The fraction of sp³-hybridized carbons (Fsp3) is 0.818. The van der Waals surface area contributed by atoms with E-state index in [2.05, 4.69) is 5.32 Å². The number of carbonyl (C=O) groups is 2. The van der Waals surface area contributed by atoms with Crippen molar-refractivity contribution in [1.29, 1.82) is 0 Å². The number of aliphatic hydroxyl groups excluding tert-OH is 5. The van der Waals surface area contributed by atoms with Crippen molar-refractivity contribution in [2.45, 2.75) is 38.3 Å². The molecule has 0 heterocycles. The van der Waals surface area contributed by atoms with Crippen molar-refractivity contribution >= 4 is 11.7 Å². The average molecular weight is 279 g/mol. The van der Waals surface area contributed by atoms with Crippen LogP contribution in [0, 0.1) is 5.92 Å². The third kappa shape index (κ3) is 5.62. The van der Waals surface area contributed by atoms with E-state index in [1.165, 1.54) is 13.8 Å². The highest BCUT2D eigenvalue weighted by Gasteiger charge is 2.30. The van der Waals surface area contributed by atoms with Crippen LogP contribution < -0.4 is 5.32 Å². The third-order valence-electron chi connectivity index (χ3n) is 2.81. The molecule has 8 heteroatoms. The summed E-state index contributed by atoms with van der Waals surface area (Å²) in [6, 6.07) is 0. The third-order valence-corrected chi connectivity index (χ3v) is 2.81. The van der Waals surface area contributed by atoms with Crippen molar-refractivity contribution in [3.63, 3.8) is 0 Å². The number of hydrogen-bond acceptors (Lipinski definition) is 7. The first-order valence-electron chi connectivity index (χ1n) is 5.83. The summed E-state index contributed by atoms with van der Waals surface area (Å²) in [5, 5.41) is 48.2. The molecule has 0 aliphatic carbocycles. The van der Waals surface area contributed by atoms with E-state index in [4.69, 9.17) is 10.2 Å². The minimum absolute atomic E-state index is 0.344.